The summed E-state index contributed by atoms with van der Waals surface area (Å²) in [6, 6.07) is 7.68. The quantitative estimate of drug-likeness (QED) is 0.752. The second-order valence-corrected chi connectivity index (χ2v) is 3.96. The van der Waals surface area contributed by atoms with Crippen molar-refractivity contribution in [2.75, 3.05) is 6.54 Å². The molecule has 0 unspecified atom stereocenters. The summed E-state index contributed by atoms with van der Waals surface area (Å²) in [5.41, 5.74) is 2.74. The molecule has 0 N–H and O–H groups in total. The van der Waals surface area contributed by atoms with Crippen LogP contribution in [-0.2, 0) is 6.54 Å². The van der Waals surface area contributed by atoms with Gasteiger partial charge < -0.3 is 0 Å². The SMILES string of the molecule is Clc1ccccc1C1=NCCn2nncc21. The van der Waals surface area contributed by atoms with Gasteiger partial charge in [-0.1, -0.05) is 35.0 Å². The van der Waals surface area contributed by atoms with Crippen LogP contribution >= 0.6 is 11.6 Å². The monoisotopic (exact) mass is 232 g/mol. The van der Waals surface area contributed by atoms with Crippen LogP contribution in [0.4, 0.5) is 0 Å². The van der Waals surface area contributed by atoms with Crippen LogP contribution in [0, 0.1) is 0 Å². The maximum atomic E-state index is 6.16. The van der Waals surface area contributed by atoms with Gasteiger partial charge in [-0.2, -0.15) is 0 Å². The van der Waals surface area contributed by atoms with Crippen LogP contribution in [0.1, 0.15) is 11.3 Å². The van der Waals surface area contributed by atoms with Crippen LogP contribution in [0.25, 0.3) is 0 Å². The molecule has 4 nitrogen and oxygen atoms in total. The van der Waals surface area contributed by atoms with Crippen molar-refractivity contribution >= 4 is 17.3 Å². The van der Waals surface area contributed by atoms with Gasteiger partial charge in [-0.15, -0.1) is 5.10 Å². The Hall–Kier alpha value is -1.68. The first kappa shape index (κ1) is 9.54. The first-order valence-corrected chi connectivity index (χ1v) is 5.42. The average Bonchev–Trinajstić information content (AvgIpc) is 2.77. The third-order valence-corrected chi connectivity index (χ3v) is 2.90. The molecule has 0 saturated carbocycles. The van der Waals surface area contributed by atoms with E-state index in [9.17, 15) is 0 Å². The Morgan fingerprint density at radius 2 is 2.12 bits per heavy atom. The minimum absolute atomic E-state index is 0.705. The Kier molecular flexibility index (Phi) is 2.22. The maximum Gasteiger partial charge on any atom is 0.107 e. The van der Waals surface area contributed by atoms with Crippen molar-refractivity contribution in [3.8, 4) is 0 Å². The van der Waals surface area contributed by atoms with Crippen LogP contribution in [0.15, 0.2) is 35.5 Å². The fourth-order valence-electron chi connectivity index (χ4n) is 1.82. The number of halogens is 1. The van der Waals surface area contributed by atoms with Crippen molar-refractivity contribution in [1.82, 2.24) is 15.0 Å². The lowest BCUT2D eigenvalue weighted by molar-refractivity contribution is 0.584. The molecule has 5 heteroatoms. The van der Waals surface area contributed by atoms with Crippen LogP contribution in [0.5, 0.6) is 0 Å². The number of aromatic nitrogens is 3. The van der Waals surface area contributed by atoms with E-state index in [-0.39, 0.29) is 0 Å². The Labute approximate surface area is 97.6 Å². The largest absolute Gasteiger partial charge is 0.280 e. The van der Waals surface area contributed by atoms with E-state index in [0.717, 1.165) is 30.1 Å². The van der Waals surface area contributed by atoms with E-state index in [4.69, 9.17) is 11.6 Å². The normalized spacial score (nSPS) is 14.4. The molecule has 1 aromatic carbocycles. The molecule has 2 heterocycles. The van der Waals surface area contributed by atoms with Gasteiger partial charge in [0.15, 0.2) is 0 Å². The lowest BCUT2D eigenvalue weighted by atomic mass is 10.1. The van der Waals surface area contributed by atoms with Crippen molar-refractivity contribution in [1.29, 1.82) is 0 Å². The van der Waals surface area contributed by atoms with E-state index in [0.29, 0.717) is 5.02 Å². The van der Waals surface area contributed by atoms with E-state index in [1.54, 1.807) is 6.20 Å². The van der Waals surface area contributed by atoms with Gasteiger partial charge in [-0.05, 0) is 6.07 Å². The minimum atomic E-state index is 0.705. The van der Waals surface area contributed by atoms with Gasteiger partial charge in [0.1, 0.15) is 5.69 Å². The molecule has 1 aliphatic heterocycles. The zero-order valence-corrected chi connectivity index (χ0v) is 9.22. The van der Waals surface area contributed by atoms with Crippen molar-refractivity contribution in [3.63, 3.8) is 0 Å². The fourth-order valence-corrected chi connectivity index (χ4v) is 2.05. The van der Waals surface area contributed by atoms with Crippen molar-refractivity contribution in [2.24, 2.45) is 4.99 Å². The van der Waals surface area contributed by atoms with Gasteiger partial charge >= 0.3 is 0 Å². The Balaban J connectivity index is 2.16. The Morgan fingerprint density at radius 3 is 3.00 bits per heavy atom. The molecule has 80 valence electrons. The van der Waals surface area contributed by atoms with Crippen molar-refractivity contribution < 1.29 is 0 Å². The lowest BCUT2D eigenvalue weighted by Crippen LogP contribution is -2.20. The summed E-state index contributed by atoms with van der Waals surface area (Å²) in [6.45, 7) is 1.50. The summed E-state index contributed by atoms with van der Waals surface area (Å²) in [5.74, 6) is 0. The molecular formula is C11H9ClN4. The highest BCUT2D eigenvalue weighted by Crippen LogP contribution is 2.21. The number of hydrogen-bond donors (Lipinski definition) is 0. The smallest absolute Gasteiger partial charge is 0.107 e. The molecule has 0 bridgehead atoms. The van der Waals surface area contributed by atoms with Gasteiger partial charge in [0, 0.05) is 5.56 Å². The molecule has 0 atom stereocenters. The van der Waals surface area contributed by atoms with Gasteiger partial charge in [0.25, 0.3) is 0 Å². The van der Waals surface area contributed by atoms with Gasteiger partial charge in [-0.25, -0.2) is 4.68 Å². The third kappa shape index (κ3) is 1.42. The number of hydrogen-bond acceptors (Lipinski definition) is 3. The molecular weight excluding hydrogens is 224 g/mol. The molecule has 2 aromatic rings. The average molecular weight is 233 g/mol. The summed E-state index contributed by atoms with van der Waals surface area (Å²) in [7, 11) is 0. The third-order valence-electron chi connectivity index (χ3n) is 2.57. The second-order valence-electron chi connectivity index (χ2n) is 3.55. The van der Waals surface area contributed by atoms with E-state index in [1.807, 2.05) is 28.9 Å². The van der Waals surface area contributed by atoms with E-state index < -0.39 is 0 Å². The predicted molar refractivity (Wildman–Crippen MR) is 62.0 cm³/mol. The Morgan fingerprint density at radius 1 is 1.25 bits per heavy atom. The first-order chi connectivity index (χ1) is 7.86. The summed E-state index contributed by atoms with van der Waals surface area (Å²) in [5, 5.41) is 8.61. The highest BCUT2D eigenvalue weighted by molar-refractivity contribution is 6.35. The van der Waals surface area contributed by atoms with Crippen LogP contribution in [0.3, 0.4) is 0 Å². The summed E-state index contributed by atoms with van der Waals surface area (Å²) < 4.78 is 1.85. The first-order valence-electron chi connectivity index (χ1n) is 5.04. The molecule has 0 aliphatic carbocycles. The molecule has 16 heavy (non-hydrogen) atoms. The van der Waals surface area contributed by atoms with Gasteiger partial charge in [0.2, 0.25) is 0 Å². The molecule has 0 radical (unpaired) electrons. The highest BCUT2D eigenvalue weighted by Gasteiger charge is 2.18. The zero-order chi connectivity index (χ0) is 11.0. The van der Waals surface area contributed by atoms with E-state index in [2.05, 4.69) is 15.3 Å². The predicted octanol–water partition coefficient (Wildman–Crippen LogP) is 1.78. The second kappa shape index (κ2) is 3.72. The standard InChI is InChI=1S/C11H9ClN4/c12-9-4-2-1-3-8(9)11-10-7-14-15-16(10)6-5-13-11/h1-4,7H,5-6H2. The number of fused-ring (bicyclic) bond motifs is 1. The van der Waals surface area contributed by atoms with E-state index >= 15 is 0 Å². The zero-order valence-electron chi connectivity index (χ0n) is 8.47. The van der Waals surface area contributed by atoms with Crippen LogP contribution < -0.4 is 0 Å². The number of benzene rings is 1. The number of nitrogens with zero attached hydrogens (tertiary/aromatic N) is 4. The minimum Gasteiger partial charge on any atom is -0.280 e. The molecule has 1 aliphatic rings. The highest BCUT2D eigenvalue weighted by atomic mass is 35.5. The molecule has 0 amide bonds. The lowest BCUT2D eigenvalue weighted by Gasteiger charge is -2.14. The summed E-state index contributed by atoms with van der Waals surface area (Å²) >= 11 is 6.16. The Bertz CT molecular complexity index is 559. The van der Waals surface area contributed by atoms with Crippen LogP contribution in [-0.4, -0.2) is 27.3 Å². The maximum absolute atomic E-state index is 6.16. The van der Waals surface area contributed by atoms with Gasteiger partial charge in [0.05, 0.1) is 30.0 Å². The molecule has 0 saturated heterocycles. The van der Waals surface area contributed by atoms with Crippen LogP contribution in [0.2, 0.25) is 5.02 Å². The molecule has 3 rings (SSSR count). The summed E-state index contributed by atoms with van der Waals surface area (Å²) in [6.07, 6.45) is 1.72. The summed E-state index contributed by atoms with van der Waals surface area (Å²) in [4.78, 5) is 4.51. The topological polar surface area (TPSA) is 43.1 Å². The molecule has 0 fully saturated rings. The van der Waals surface area contributed by atoms with Gasteiger partial charge in [-0.3, -0.25) is 4.99 Å². The van der Waals surface area contributed by atoms with Crippen molar-refractivity contribution in [3.05, 3.63) is 46.7 Å². The van der Waals surface area contributed by atoms with Crippen molar-refractivity contribution in [2.45, 2.75) is 6.54 Å². The number of rotatable bonds is 1. The van der Waals surface area contributed by atoms with E-state index in [1.165, 1.54) is 0 Å². The number of aliphatic imine (C=N–C) groups is 1. The molecule has 0 spiro atoms. The fraction of sp³-hybridized carbons (Fsp3) is 0.182. The molecule has 1 aromatic heterocycles.